The number of halogens is 1. The van der Waals surface area contributed by atoms with Crippen LogP contribution in [0.1, 0.15) is 29.2 Å². The zero-order chi connectivity index (χ0) is 24.5. The second-order valence-electron chi connectivity index (χ2n) is 8.31. The van der Waals surface area contributed by atoms with E-state index in [-0.39, 0.29) is 25.0 Å². The lowest BCUT2D eigenvalue weighted by Crippen LogP contribution is -2.51. The molecular formula is C28H31ClN2O3. The zero-order valence-corrected chi connectivity index (χ0v) is 20.6. The van der Waals surface area contributed by atoms with E-state index in [1.807, 2.05) is 81.4 Å². The summed E-state index contributed by atoms with van der Waals surface area (Å²) in [6.07, 6.45) is 0.398. The highest BCUT2D eigenvalue weighted by Crippen LogP contribution is 2.20. The summed E-state index contributed by atoms with van der Waals surface area (Å²) in [5.74, 6) is 0.199. The number of nitrogens with zero attached hydrogens (tertiary/aromatic N) is 1. The van der Waals surface area contributed by atoms with Gasteiger partial charge in [0.1, 0.15) is 11.8 Å². The molecule has 3 rings (SSSR count). The maximum absolute atomic E-state index is 13.5. The molecule has 34 heavy (non-hydrogen) atoms. The van der Waals surface area contributed by atoms with Gasteiger partial charge < -0.3 is 15.0 Å². The molecule has 0 radical (unpaired) electrons. The average molecular weight is 479 g/mol. The number of carbonyl (C=O) groups is 2. The monoisotopic (exact) mass is 478 g/mol. The van der Waals surface area contributed by atoms with Crippen molar-refractivity contribution < 1.29 is 14.3 Å². The Morgan fingerprint density at radius 3 is 2.32 bits per heavy atom. The van der Waals surface area contributed by atoms with Gasteiger partial charge in [-0.3, -0.25) is 9.59 Å². The van der Waals surface area contributed by atoms with Crippen LogP contribution in [0.4, 0.5) is 0 Å². The van der Waals surface area contributed by atoms with Crippen LogP contribution >= 0.6 is 11.6 Å². The molecule has 5 nitrogen and oxygen atoms in total. The van der Waals surface area contributed by atoms with E-state index in [0.717, 1.165) is 22.3 Å². The quantitative estimate of drug-likeness (QED) is 0.440. The summed E-state index contributed by atoms with van der Waals surface area (Å²) in [6, 6.07) is 22.1. The van der Waals surface area contributed by atoms with Gasteiger partial charge in [0.15, 0.2) is 6.61 Å². The molecule has 0 saturated carbocycles. The molecule has 0 saturated heterocycles. The van der Waals surface area contributed by atoms with Crippen LogP contribution in [0.15, 0.2) is 72.8 Å². The third kappa shape index (κ3) is 7.09. The van der Waals surface area contributed by atoms with Gasteiger partial charge >= 0.3 is 0 Å². The molecule has 0 fully saturated rings. The number of benzene rings is 3. The lowest BCUT2D eigenvalue weighted by Gasteiger charge is -2.31. The SMILES string of the molecule is CCNC(=O)[C@H](Cc1ccccc1)N(Cc1ccc(Cl)cc1)C(=O)COc1ccc(C)cc1C. The first-order valence-electron chi connectivity index (χ1n) is 11.4. The first-order valence-corrected chi connectivity index (χ1v) is 11.8. The van der Waals surface area contributed by atoms with Crippen LogP contribution in [-0.2, 0) is 22.6 Å². The second kappa shape index (κ2) is 12.2. The van der Waals surface area contributed by atoms with Crippen LogP contribution in [0.5, 0.6) is 5.75 Å². The molecule has 0 unspecified atom stereocenters. The lowest BCUT2D eigenvalue weighted by molar-refractivity contribution is -0.142. The van der Waals surface area contributed by atoms with Gasteiger partial charge in [0.05, 0.1) is 0 Å². The normalized spacial score (nSPS) is 11.5. The molecule has 0 aliphatic rings. The first kappa shape index (κ1) is 25.3. The third-order valence-electron chi connectivity index (χ3n) is 5.57. The van der Waals surface area contributed by atoms with E-state index in [0.29, 0.717) is 23.7 Å². The molecule has 178 valence electrons. The number of hydrogen-bond acceptors (Lipinski definition) is 3. The highest BCUT2D eigenvalue weighted by atomic mass is 35.5. The number of amides is 2. The lowest BCUT2D eigenvalue weighted by atomic mass is 10.0. The Kier molecular flexibility index (Phi) is 9.11. The van der Waals surface area contributed by atoms with Crippen molar-refractivity contribution in [3.05, 3.63) is 100 Å². The molecule has 0 aromatic heterocycles. The molecule has 0 aliphatic carbocycles. The summed E-state index contributed by atoms with van der Waals surface area (Å²) in [4.78, 5) is 28.2. The molecule has 0 aliphatic heterocycles. The number of hydrogen-bond donors (Lipinski definition) is 1. The number of aryl methyl sites for hydroxylation is 2. The van der Waals surface area contributed by atoms with Crippen molar-refractivity contribution in [2.24, 2.45) is 0 Å². The summed E-state index contributed by atoms with van der Waals surface area (Å²) in [7, 11) is 0. The van der Waals surface area contributed by atoms with Gasteiger partial charge in [-0.15, -0.1) is 0 Å². The molecule has 1 atom stereocenters. The Morgan fingerprint density at radius 1 is 0.971 bits per heavy atom. The summed E-state index contributed by atoms with van der Waals surface area (Å²) in [6.45, 7) is 6.41. The number of carbonyl (C=O) groups excluding carboxylic acids is 2. The van der Waals surface area contributed by atoms with Crippen molar-refractivity contribution >= 4 is 23.4 Å². The van der Waals surface area contributed by atoms with Crippen LogP contribution in [0.2, 0.25) is 5.02 Å². The van der Waals surface area contributed by atoms with Gasteiger partial charge in [0.25, 0.3) is 5.91 Å². The summed E-state index contributed by atoms with van der Waals surface area (Å²) < 4.78 is 5.89. The van der Waals surface area contributed by atoms with Crippen LogP contribution < -0.4 is 10.1 Å². The number of likely N-dealkylation sites (N-methyl/N-ethyl adjacent to an activating group) is 1. The Bertz CT molecular complexity index is 1100. The number of nitrogens with one attached hydrogen (secondary N) is 1. The molecule has 0 bridgehead atoms. The van der Waals surface area contributed by atoms with E-state index in [1.54, 1.807) is 17.0 Å². The summed E-state index contributed by atoms with van der Waals surface area (Å²) in [5.41, 5.74) is 3.94. The Labute approximate surface area is 206 Å². The maximum atomic E-state index is 13.5. The molecule has 2 amide bonds. The topological polar surface area (TPSA) is 58.6 Å². The van der Waals surface area contributed by atoms with Crippen molar-refractivity contribution in [3.8, 4) is 5.75 Å². The van der Waals surface area contributed by atoms with Gasteiger partial charge in [0.2, 0.25) is 5.91 Å². The average Bonchev–Trinajstić information content (AvgIpc) is 2.82. The van der Waals surface area contributed by atoms with Gasteiger partial charge in [-0.2, -0.15) is 0 Å². The van der Waals surface area contributed by atoms with Crippen molar-refractivity contribution in [3.63, 3.8) is 0 Å². The molecule has 1 N–H and O–H groups in total. The highest BCUT2D eigenvalue weighted by Gasteiger charge is 2.30. The second-order valence-corrected chi connectivity index (χ2v) is 8.74. The fraction of sp³-hybridized carbons (Fsp3) is 0.286. The molecular weight excluding hydrogens is 448 g/mol. The van der Waals surface area contributed by atoms with Crippen molar-refractivity contribution in [2.75, 3.05) is 13.2 Å². The fourth-order valence-electron chi connectivity index (χ4n) is 3.82. The van der Waals surface area contributed by atoms with E-state index in [1.165, 1.54) is 0 Å². The molecule has 3 aromatic rings. The predicted octanol–water partition coefficient (Wildman–Crippen LogP) is 5.11. The zero-order valence-electron chi connectivity index (χ0n) is 19.9. The van der Waals surface area contributed by atoms with Crippen molar-refractivity contribution in [2.45, 2.75) is 39.8 Å². The van der Waals surface area contributed by atoms with Crippen LogP contribution in [0.3, 0.4) is 0 Å². The Morgan fingerprint density at radius 2 is 1.68 bits per heavy atom. The van der Waals surface area contributed by atoms with Crippen molar-refractivity contribution in [1.29, 1.82) is 0 Å². The standard InChI is InChI=1S/C28H31ClN2O3/c1-4-30-28(33)25(17-22-8-6-5-7-9-22)31(18-23-11-13-24(29)14-12-23)27(32)19-34-26-15-10-20(2)16-21(26)3/h5-16,25H,4,17-19H2,1-3H3,(H,30,33)/t25-/m0/s1. The van der Waals surface area contributed by atoms with E-state index in [2.05, 4.69) is 5.32 Å². The Balaban J connectivity index is 1.89. The molecule has 3 aromatic carbocycles. The van der Waals surface area contributed by atoms with E-state index in [4.69, 9.17) is 16.3 Å². The third-order valence-corrected chi connectivity index (χ3v) is 5.82. The van der Waals surface area contributed by atoms with Crippen molar-refractivity contribution in [1.82, 2.24) is 10.2 Å². The summed E-state index contributed by atoms with van der Waals surface area (Å²) >= 11 is 6.05. The van der Waals surface area contributed by atoms with E-state index in [9.17, 15) is 9.59 Å². The number of rotatable bonds is 10. The van der Waals surface area contributed by atoms with Gasteiger partial charge in [0, 0.05) is 24.5 Å². The smallest absolute Gasteiger partial charge is 0.261 e. The van der Waals surface area contributed by atoms with Gasteiger partial charge in [-0.1, -0.05) is 71.8 Å². The minimum absolute atomic E-state index is 0.164. The fourth-order valence-corrected chi connectivity index (χ4v) is 3.94. The van der Waals surface area contributed by atoms with Gasteiger partial charge in [-0.25, -0.2) is 0 Å². The molecule has 0 heterocycles. The number of ether oxygens (including phenoxy) is 1. The predicted molar refractivity (Wildman–Crippen MR) is 136 cm³/mol. The molecule has 0 spiro atoms. The maximum Gasteiger partial charge on any atom is 0.261 e. The highest BCUT2D eigenvalue weighted by molar-refractivity contribution is 6.30. The first-order chi connectivity index (χ1) is 16.4. The van der Waals surface area contributed by atoms with E-state index < -0.39 is 6.04 Å². The van der Waals surface area contributed by atoms with E-state index >= 15 is 0 Å². The van der Waals surface area contributed by atoms with Crippen LogP contribution in [-0.4, -0.2) is 35.9 Å². The Hall–Kier alpha value is -3.31. The van der Waals surface area contributed by atoms with Gasteiger partial charge in [-0.05, 0) is 55.7 Å². The van der Waals surface area contributed by atoms with Crippen LogP contribution in [0.25, 0.3) is 0 Å². The van der Waals surface area contributed by atoms with Crippen LogP contribution in [0, 0.1) is 13.8 Å². The minimum Gasteiger partial charge on any atom is -0.483 e. The summed E-state index contributed by atoms with van der Waals surface area (Å²) in [5, 5.41) is 3.51. The molecule has 6 heteroatoms. The minimum atomic E-state index is -0.687. The largest absolute Gasteiger partial charge is 0.483 e.